The predicted molar refractivity (Wildman–Crippen MR) is 150 cm³/mol. The number of dihydropyridines is 1. The number of halogens is 1. The first-order valence-electron chi connectivity index (χ1n) is 12.9. The van der Waals surface area contributed by atoms with E-state index < -0.39 is 11.9 Å². The fourth-order valence-electron chi connectivity index (χ4n) is 5.29. The number of rotatable bonds is 8. The molecule has 4 rings (SSSR count). The minimum absolute atomic E-state index is 0.0424. The van der Waals surface area contributed by atoms with Crippen molar-refractivity contribution in [1.29, 1.82) is 0 Å². The van der Waals surface area contributed by atoms with Crippen LogP contribution in [0, 0.1) is 0 Å². The van der Waals surface area contributed by atoms with E-state index in [0.29, 0.717) is 51.4 Å². The maximum atomic E-state index is 13.9. The Morgan fingerprint density at radius 3 is 2.41 bits per heavy atom. The van der Waals surface area contributed by atoms with E-state index in [0.717, 1.165) is 11.3 Å². The van der Waals surface area contributed by atoms with Gasteiger partial charge in [-0.15, -0.1) is 0 Å². The van der Waals surface area contributed by atoms with Crippen molar-refractivity contribution in [2.45, 2.75) is 58.5 Å². The Morgan fingerprint density at radius 1 is 1.08 bits per heavy atom. The molecule has 0 radical (unpaired) electrons. The molecule has 0 fully saturated rings. The van der Waals surface area contributed by atoms with Gasteiger partial charge in [0.25, 0.3) is 0 Å². The van der Waals surface area contributed by atoms with Crippen molar-refractivity contribution in [1.82, 2.24) is 5.32 Å². The Morgan fingerprint density at radius 2 is 1.77 bits per heavy atom. The lowest BCUT2D eigenvalue weighted by molar-refractivity contribution is -0.143. The Kier molecular flexibility index (Phi) is 8.59. The zero-order chi connectivity index (χ0) is 28.4. The summed E-state index contributed by atoms with van der Waals surface area (Å²) in [5.74, 6) is 0.0938. The van der Waals surface area contributed by atoms with Crippen LogP contribution in [0.4, 0.5) is 0 Å². The molecule has 1 aliphatic carbocycles. The molecule has 1 aliphatic heterocycles. The number of carbonyl (C=O) groups is 2. The first-order valence-corrected chi connectivity index (χ1v) is 13.7. The first kappa shape index (κ1) is 28.5. The molecule has 9 heteroatoms. The van der Waals surface area contributed by atoms with Crippen LogP contribution in [0.3, 0.4) is 0 Å². The largest absolute Gasteiger partial charge is 0.503 e. The molecule has 2 aromatic rings. The van der Waals surface area contributed by atoms with Gasteiger partial charge in [-0.25, -0.2) is 4.79 Å². The summed E-state index contributed by atoms with van der Waals surface area (Å²) in [6, 6.07) is 9.11. The molecule has 39 heavy (non-hydrogen) atoms. The normalized spacial score (nSPS) is 19.0. The average Bonchev–Trinajstić information content (AvgIpc) is 2.89. The highest BCUT2D eigenvalue weighted by Crippen LogP contribution is 2.48. The van der Waals surface area contributed by atoms with Crippen molar-refractivity contribution in [3.05, 3.63) is 68.5 Å². The van der Waals surface area contributed by atoms with E-state index in [1.807, 2.05) is 32.0 Å². The molecule has 0 amide bonds. The quantitative estimate of drug-likeness (QED) is 0.362. The van der Waals surface area contributed by atoms with Crippen LogP contribution < -0.4 is 19.5 Å². The van der Waals surface area contributed by atoms with Gasteiger partial charge in [-0.05, 0) is 91.4 Å². The molecule has 0 spiro atoms. The number of methoxy groups -OCH3 is 2. The Hall–Kier alpha value is -3.46. The minimum atomic E-state index is -0.692. The van der Waals surface area contributed by atoms with Crippen molar-refractivity contribution < 1.29 is 33.6 Å². The summed E-state index contributed by atoms with van der Waals surface area (Å²) in [5, 5.41) is 13.9. The van der Waals surface area contributed by atoms with Gasteiger partial charge in [0, 0.05) is 29.3 Å². The molecule has 0 unspecified atom stereocenters. The third kappa shape index (κ3) is 5.64. The number of ketones is 1. The van der Waals surface area contributed by atoms with Crippen molar-refractivity contribution >= 4 is 27.7 Å². The van der Waals surface area contributed by atoms with Crippen LogP contribution in [0.5, 0.6) is 23.0 Å². The Labute approximate surface area is 237 Å². The number of Topliss-reactive ketones (excluding diaryl/α,β-unsaturated/α-hetero) is 1. The maximum absolute atomic E-state index is 13.9. The molecule has 1 heterocycles. The molecule has 2 atom stereocenters. The number of aromatic hydroxyl groups is 1. The summed E-state index contributed by atoms with van der Waals surface area (Å²) in [4.78, 5) is 27.3. The standard InChI is InChI=1S/C30H34BrNO7/c1-7-38-25-14-19(10-20(31)29(25)34)27-26(30(35)39-15(2)3)16(4)32-21-11-18(12-22(33)28(21)27)17-8-9-23(36-5)24(13-17)37-6/h8-10,13-15,18,27,32,34H,7,11-12H2,1-6H3/t18-,27-/m0/s1. The van der Waals surface area contributed by atoms with E-state index in [4.69, 9.17) is 18.9 Å². The second kappa shape index (κ2) is 11.7. The smallest absolute Gasteiger partial charge is 0.337 e. The van der Waals surface area contributed by atoms with E-state index in [1.54, 1.807) is 40.2 Å². The number of esters is 1. The number of hydrogen-bond donors (Lipinski definition) is 2. The molecule has 0 aromatic heterocycles. The summed E-state index contributed by atoms with van der Waals surface area (Å²) in [5.41, 5.74) is 3.87. The number of ether oxygens (including phenoxy) is 4. The third-order valence-electron chi connectivity index (χ3n) is 6.95. The van der Waals surface area contributed by atoms with Gasteiger partial charge in [-0.3, -0.25) is 4.79 Å². The molecule has 2 aromatic carbocycles. The van der Waals surface area contributed by atoms with E-state index in [9.17, 15) is 14.7 Å². The van der Waals surface area contributed by atoms with E-state index in [2.05, 4.69) is 21.2 Å². The average molecular weight is 601 g/mol. The molecule has 0 saturated carbocycles. The van der Waals surface area contributed by atoms with Crippen molar-refractivity contribution in [2.75, 3.05) is 20.8 Å². The van der Waals surface area contributed by atoms with Crippen LogP contribution in [0.15, 0.2) is 57.3 Å². The van der Waals surface area contributed by atoms with Crippen molar-refractivity contribution in [3.8, 4) is 23.0 Å². The highest BCUT2D eigenvalue weighted by molar-refractivity contribution is 9.10. The van der Waals surface area contributed by atoms with Crippen LogP contribution in [0.2, 0.25) is 0 Å². The van der Waals surface area contributed by atoms with Gasteiger partial charge in [0.05, 0.1) is 37.0 Å². The number of phenols is 1. The minimum Gasteiger partial charge on any atom is -0.503 e. The highest BCUT2D eigenvalue weighted by Gasteiger charge is 2.42. The number of carbonyl (C=O) groups excluding carboxylic acids is 2. The van der Waals surface area contributed by atoms with Gasteiger partial charge in [0.1, 0.15) is 0 Å². The zero-order valence-corrected chi connectivity index (χ0v) is 24.6. The van der Waals surface area contributed by atoms with Crippen molar-refractivity contribution in [3.63, 3.8) is 0 Å². The van der Waals surface area contributed by atoms with Gasteiger partial charge in [-0.1, -0.05) is 6.07 Å². The van der Waals surface area contributed by atoms with Gasteiger partial charge >= 0.3 is 5.97 Å². The summed E-state index contributed by atoms with van der Waals surface area (Å²) in [6.45, 7) is 7.55. The topological polar surface area (TPSA) is 103 Å². The lowest BCUT2D eigenvalue weighted by Gasteiger charge is -2.37. The molecule has 8 nitrogen and oxygen atoms in total. The van der Waals surface area contributed by atoms with Gasteiger partial charge in [0.15, 0.2) is 28.8 Å². The van der Waals surface area contributed by atoms with Crippen LogP contribution in [-0.4, -0.2) is 43.8 Å². The summed E-state index contributed by atoms with van der Waals surface area (Å²) in [6.07, 6.45) is 0.486. The second-order valence-corrected chi connectivity index (χ2v) is 10.7. The molecule has 208 valence electrons. The zero-order valence-electron chi connectivity index (χ0n) is 23.0. The lowest BCUT2D eigenvalue weighted by Crippen LogP contribution is -2.36. The molecule has 2 N–H and O–H groups in total. The van der Waals surface area contributed by atoms with Crippen LogP contribution >= 0.6 is 15.9 Å². The molecule has 0 saturated heterocycles. The van der Waals surface area contributed by atoms with E-state index in [1.165, 1.54) is 0 Å². The maximum Gasteiger partial charge on any atom is 0.337 e. The molecule has 2 aliphatic rings. The monoisotopic (exact) mass is 599 g/mol. The van der Waals surface area contributed by atoms with Crippen molar-refractivity contribution in [2.24, 2.45) is 0 Å². The van der Waals surface area contributed by atoms with Gasteiger partial charge < -0.3 is 29.4 Å². The Balaban J connectivity index is 1.83. The number of phenolic OH excluding ortho intramolecular Hbond substituents is 1. The number of benzene rings is 2. The fraction of sp³-hybridized carbons (Fsp3) is 0.400. The second-order valence-electron chi connectivity index (χ2n) is 9.87. The van der Waals surface area contributed by atoms with E-state index in [-0.39, 0.29) is 35.7 Å². The summed E-state index contributed by atoms with van der Waals surface area (Å²) in [7, 11) is 3.17. The predicted octanol–water partition coefficient (Wildman–Crippen LogP) is 5.88. The van der Waals surface area contributed by atoms with Crippen LogP contribution in [0.1, 0.15) is 63.5 Å². The van der Waals surface area contributed by atoms with Crippen LogP contribution in [0.25, 0.3) is 0 Å². The number of allylic oxidation sites excluding steroid dienone is 3. The summed E-state index contributed by atoms with van der Waals surface area (Å²) < 4.78 is 22.5. The first-order chi connectivity index (χ1) is 18.6. The summed E-state index contributed by atoms with van der Waals surface area (Å²) >= 11 is 3.41. The number of hydrogen-bond acceptors (Lipinski definition) is 8. The molecule has 0 bridgehead atoms. The number of nitrogens with one attached hydrogen (secondary N) is 1. The van der Waals surface area contributed by atoms with E-state index >= 15 is 0 Å². The molecular formula is C30H34BrNO7. The molecular weight excluding hydrogens is 566 g/mol. The van der Waals surface area contributed by atoms with Crippen LogP contribution in [-0.2, 0) is 14.3 Å². The van der Waals surface area contributed by atoms with Gasteiger partial charge in [-0.2, -0.15) is 0 Å². The fourth-order valence-corrected chi connectivity index (χ4v) is 5.75. The Bertz CT molecular complexity index is 1360. The third-order valence-corrected chi connectivity index (χ3v) is 7.56. The van der Waals surface area contributed by atoms with Gasteiger partial charge in [0.2, 0.25) is 0 Å². The SMILES string of the molecule is CCOc1cc([C@H]2C(C(=O)OC(C)C)=C(C)NC3=C2C(=O)C[C@@H](c2ccc(OC)c(OC)c2)C3)cc(Br)c1O. The highest BCUT2D eigenvalue weighted by atomic mass is 79.9. The lowest BCUT2D eigenvalue weighted by atomic mass is 9.71.